The van der Waals surface area contributed by atoms with E-state index in [9.17, 15) is 4.79 Å². The van der Waals surface area contributed by atoms with Gasteiger partial charge in [-0.3, -0.25) is 9.78 Å². The summed E-state index contributed by atoms with van der Waals surface area (Å²) in [5.41, 5.74) is 0.475. The Morgan fingerprint density at radius 2 is 2.40 bits per heavy atom. The second-order valence-corrected chi connectivity index (χ2v) is 4.21. The number of nitrogens with one attached hydrogen (secondary N) is 1. The number of hydrogen-bond donors (Lipinski definition) is 1. The molecule has 0 bridgehead atoms. The number of amides is 1. The number of alkyl halides is 1. The summed E-state index contributed by atoms with van der Waals surface area (Å²) >= 11 is 3.36. The van der Waals surface area contributed by atoms with Crippen molar-refractivity contribution in [3.8, 4) is 0 Å². The highest BCUT2D eigenvalue weighted by Gasteiger charge is 2.09. The molecule has 1 heterocycles. The summed E-state index contributed by atoms with van der Waals surface area (Å²) in [6, 6.07) is 5.51. The van der Waals surface area contributed by atoms with Crippen molar-refractivity contribution in [3.63, 3.8) is 0 Å². The van der Waals surface area contributed by atoms with Gasteiger partial charge in [0.05, 0.1) is 0 Å². The first-order chi connectivity index (χ1) is 7.24. The summed E-state index contributed by atoms with van der Waals surface area (Å²) in [6.45, 7) is 2.00. The molecule has 0 radical (unpaired) electrons. The summed E-state index contributed by atoms with van der Waals surface area (Å²) in [6.07, 6.45) is 3.66. The SMILES string of the molecule is CC(CCCBr)NC(=O)c1ccccn1. The fourth-order valence-corrected chi connectivity index (χ4v) is 1.57. The van der Waals surface area contributed by atoms with Crippen molar-refractivity contribution >= 4 is 21.8 Å². The molecular formula is C11H15BrN2O. The molecule has 1 aromatic rings. The van der Waals surface area contributed by atoms with Gasteiger partial charge in [0.2, 0.25) is 0 Å². The predicted octanol–water partition coefficient (Wildman–Crippen LogP) is 2.38. The van der Waals surface area contributed by atoms with Crippen LogP contribution in [0.1, 0.15) is 30.3 Å². The number of carbonyl (C=O) groups excluding carboxylic acids is 1. The number of halogens is 1. The monoisotopic (exact) mass is 270 g/mol. The van der Waals surface area contributed by atoms with Gasteiger partial charge >= 0.3 is 0 Å². The second-order valence-electron chi connectivity index (χ2n) is 3.42. The minimum atomic E-state index is -0.0994. The van der Waals surface area contributed by atoms with E-state index in [0.29, 0.717) is 5.69 Å². The van der Waals surface area contributed by atoms with Gasteiger partial charge in [-0.05, 0) is 31.9 Å². The second kappa shape index (κ2) is 6.56. The lowest BCUT2D eigenvalue weighted by molar-refractivity contribution is 0.0933. The van der Waals surface area contributed by atoms with Crippen LogP contribution in [0.5, 0.6) is 0 Å². The average Bonchev–Trinajstić information content (AvgIpc) is 2.27. The molecule has 4 heteroatoms. The molecule has 15 heavy (non-hydrogen) atoms. The van der Waals surface area contributed by atoms with E-state index < -0.39 is 0 Å². The summed E-state index contributed by atoms with van der Waals surface area (Å²) in [4.78, 5) is 15.6. The first-order valence-electron chi connectivity index (χ1n) is 5.02. The van der Waals surface area contributed by atoms with Crippen molar-refractivity contribution in [1.29, 1.82) is 0 Å². The van der Waals surface area contributed by atoms with Gasteiger partial charge in [-0.2, -0.15) is 0 Å². The van der Waals surface area contributed by atoms with Crippen LogP contribution >= 0.6 is 15.9 Å². The highest BCUT2D eigenvalue weighted by atomic mass is 79.9. The molecule has 0 aliphatic rings. The Morgan fingerprint density at radius 3 is 3.00 bits per heavy atom. The first-order valence-corrected chi connectivity index (χ1v) is 6.14. The molecule has 0 saturated heterocycles. The van der Waals surface area contributed by atoms with Gasteiger partial charge in [0.1, 0.15) is 5.69 Å². The highest BCUT2D eigenvalue weighted by molar-refractivity contribution is 9.09. The molecule has 0 fully saturated rings. The predicted molar refractivity (Wildman–Crippen MR) is 64.2 cm³/mol. The maximum Gasteiger partial charge on any atom is 0.270 e. The highest BCUT2D eigenvalue weighted by Crippen LogP contribution is 2.01. The van der Waals surface area contributed by atoms with E-state index >= 15 is 0 Å². The van der Waals surface area contributed by atoms with E-state index in [1.165, 1.54) is 0 Å². The summed E-state index contributed by atoms with van der Waals surface area (Å²) in [7, 11) is 0. The Kier molecular flexibility index (Phi) is 5.32. The number of aromatic nitrogens is 1. The smallest absolute Gasteiger partial charge is 0.270 e. The Balaban J connectivity index is 2.42. The van der Waals surface area contributed by atoms with E-state index in [2.05, 4.69) is 26.2 Å². The molecule has 1 aromatic heterocycles. The molecule has 1 amide bonds. The van der Waals surface area contributed by atoms with E-state index in [-0.39, 0.29) is 11.9 Å². The van der Waals surface area contributed by atoms with Crippen LogP contribution in [0.4, 0.5) is 0 Å². The van der Waals surface area contributed by atoms with Crippen molar-refractivity contribution in [2.45, 2.75) is 25.8 Å². The zero-order chi connectivity index (χ0) is 11.1. The molecule has 0 spiro atoms. The molecule has 1 rings (SSSR count). The maximum atomic E-state index is 11.6. The lowest BCUT2D eigenvalue weighted by Crippen LogP contribution is -2.33. The van der Waals surface area contributed by atoms with Crippen LogP contribution in [0.25, 0.3) is 0 Å². The standard InChI is InChI=1S/C11H15BrN2O/c1-9(5-4-7-12)14-11(15)10-6-2-3-8-13-10/h2-3,6,8-9H,4-5,7H2,1H3,(H,14,15). The topological polar surface area (TPSA) is 42.0 Å². The Morgan fingerprint density at radius 1 is 1.60 bits per heavy atom. The maximum absolute atomic E-state index is 11.6. The Hall–Kier alpha value is -0.900. The number of carbonyl (C=O) groups is 1. The molecule has 0 aliphatic heterocycles. The van der Waals surface area contributed by atoms with Crippen LogP contribution in [0.3, 0.4) is 0 Å². The van der Waals surface area contributed by atoms with Gasteiger partial charge in [0, 0.05) is 17.6 Å². The molecule has 1 unspecified atom stereocenters. The summed E-state index contributed by atoms with van der Waals surface area (Å²) < 4.78 is 0. The zero-order valence-corrected chi connectivity index (χ0v) is 10.3. The number of nitrogens with zero attached hydrogens (tertiary/aromatic N) is 1. The third-order valence-electron chi connectivity index (χ3n) is 2.05. The lowest BCUT2D eigenvalue weighted by Gasteiger charge is -2.12. The largest absolute Gasteiger partial charge is 0.348 e. The molecule has 3 nitrogen and oxygen atoms in total. The van der Waals surface area contributed by atoms with Crippen molar-refractivity contribution in [1.82, 2.24) is 10.3 Å². The van der Waals surface area contributed by atoms with Crippen LogP contribution in [-0.4, -0.2) is 22.3 Å². The van der Waals surface area contributed by atoms with Crippen molar-refractivity contribution in [2.75, 3.05) is 5.33 Å². The fraction of sp³-hybridized carbons (Fsp3) is 0.455. The molecule has 0 aromatic carbocycles. The van der Waals surface area contributed by atoms with Crippen molar-refractivity contribution in [2.24, 2.45) is 0 Å². The van der Waals surface area contributed by atoms with E-state index in [1.807, 2.05) is 13.0 Å². The lowest BCUT2D eigenvalue weighted by atomic mass is 10.2. The molecular weight excluding hydrogens is 256 g/mol. The zero-order valence-electron chi connectivity index (χ0n) is 8.74. The van der Waals surface area contributed by atoms with Gasteiger partial charge in [0.15, 0.2) is 0 Å². The van der Waals surface area contributed by atoms with Crippen LogP contribution < -0.4 is 5.32 Å². The van der Waals surface area contributed by atoms with Crippen LogP contribution in [0, 0.1) is 0 Å². The van der Waals surface area contributed by atoms with E-state index in [4.69, 9.17) is 0 Å². The van der Waals surface area contributed by atoms with Crippen LogP contribution in [0.2, 0.25) is 0 Å². The van der Waals surface area contributed by atoms with Gasteiger partial charge in [-0.15, -0.1) is 0 Å². The molecule has 0 saturated carbocycles. The first kappa shape index (κ1) is 12.2. The third kappa shape index (κ3) is 4.42. The minimum Gasteiger partial charge on any atom is -0.348 e. The Bertz CT molecular complexity index is 303. The minimum absolute atomic E-state index is 0.0994. The normalized spacial score (nSPS) is 12.1. The van der Waals surface area contributed by atoms with Gasteiger partial charge < -0.3 is 5.32 Å². The Labute approximate surface area is 98.4 Å². The molecule has 1 atom stereocenters. The van der Waals surface area contributed by atoms with Gasteiger partial charge in [-0.25, -0.2) is 0 Å². The summed E-state index contributed by atoms with van der Waals surface area (Å²) in [5.74, 6) is -0.0994. The summed E-state index contributed by atoms with van der Waals surface area (Å²) in [5, 5.41) is 3.88. The fourth-order valence-electron chi connectivity index (χ4n) is 1.25. The van der Waals surface area contributed by atoms with E-state index in [0.717, 1.165) is 18.2 Å². The van der Waals surface area contributed by atoms with Crippen molar-refractivity contribution in [3.05, 3.63) is 30.1 Å². The molecule has 82 valence electrons. The number of rotatable bonds is 5. The van der Waals surface area contributed by atoms with Gasteiger partial charge in [0.25, 0.3) is 5.91 Å². The van der Waals surface area contributed by atoms with E-state index in [1.54, 1.807) is 18.3 Å². The van der Waals surface area contributed by atoms with Crippen LogP contribution in [0.15, 0.2) is 24.4 Å². The molecule has 1 N–H and O–H groups in total. The quantitative estimate of drug-likeness (QED) is 0.835. The van der Waals surface area contributed by atoms with Gasteiger partial charge in [-0.1, -0.05) is 22.0 Å². The number of hydrogen-bond acceptors (Lipinski definition) is 2. The average molecular weight is 271 g/mol. The van der Waals surface area contributed by atoms with Crippen molar-refractivity contribution < 1.29 is 4.79 Å². The third-order valence-corrected chi connectivity index (χ3v) is 2.61. The number of pyridine rings is 1. The molecule has 0 aliphatic carbocycles. The van der Waals surface area contributed by atoms with Crippen LogP contribution in [-0.2, 0) is 0 Å².